The SMILES string of the molecule is CCCN(C(=O)C(Cc1ccc(O)cc1)NC(=O)OC(C)(C)C)C(C(=O)NCC(=O)OC)c1cccc(O)c1. The Morgan fingerprint density at radius 3 is 2.23 bits per heavy atom. The van der Waals surface area contributed by atoms with Crippen molar-refractivity contribution < 1.29 is 38.9 Å². The Bertz CT molecular complexity index is 1140. The number of aromatic hydroxyl groups is 2. The monoisotopic (exact) mass is 543 g/mol. The number of nitrogens with one attached hydrogen (secondary N) is 2. The van der Waals surface area contributed by atoms with Gasteiger partial charge in [-0.1, -0.05) is 31.2 Å². The lowest BCUT2D eigenvalue weighted by atomic mass is 9.99. The number of hydrogen-bond acceptors (Lipinski definition) is 8. The van der Waals surface area contributed by atoms with Gasteiger partial charge >= 0.3 is 12.1 Å². The van der Waals surface area contributed by atoms with E-state index in [9.17, 15) is 29.4 Å². The van der Waals surface area contributed by atoms with Crippen molar-refractivity contribution in [2.75, 3.05) is 20.2 Å². The maximum atomic E-state index is 14.1. The molecule has 4 N–H and O–H groups in total. The van der Waals surface area contributed by atoms with Crippen LogP contribution in [-0.4, -0.2) is 70.8 Å². The van der Waals surface area contributed by atoms with Crippen LogP contribution in [0.1, 0.15) is 51.3 Å². The number of carbonyl (C=O) groups excluding carboxylic acids is 4. The van der Waals surface area contributed by atoms with E-state index in [0.29, 0.717) is 17.5 Å². The number of esters is 1. The second-order valence-electron chi connectivity index (χ2n) is 9.89. The van der Waals surface area contributed by atoms with Crippen LogP contribution in [-0.2, 0) is 30.3 Å². The van der Waals surface area contributed by atoms with Crippen molar-refractivity contribution in [2.24, 2.45) is 0 Å². The molecule has 2 atom stereocenters. The molecular weight excluding hydrogens is 506 g/mol. The highest BCUT2D eigenvalue weighted by atomic mass is 16.6. The first kappa shape index (κ1) is 30.9. The highest BCUT2D eigenvalue weighted by Gasteiger charge is 2.36. The molecule has 2 aromatic rings. The van der Waals surface area contributed by atoms with E-state index in [2.05, 4.69) is 15.4 Å². The van der Waals surface area contributed by atoms with Crippen molar-refractivity contribution >= 4 is 23.9 Å². The minimum absolute atomic E-state index is 0.0368. The molecule has 0 aliphatic carbocycles. The standard InChI is InChI=1S/C28H37N3O8/c1-6-14-31(24(19-8-7-9-21(33)16-19)25(35)29-17-23(34)38-5)26(36)22(30-27(37)39-28(2,3)4)15-18-10-12-20(32)13-11-18/h7-13,16,22,24,32-33H,6,14-15,17H2,1-5H3,(H,29,35)(H,30,37). The Labute approximate surface area is 228 Å². The molecule has 0 saturated heterocycles. The van der Waals surface area contributed by atoms with E-state index in [1.807, 2.05) is 6.92 Å². The van der Waals surface area contributed by atoms with Gasteiger partial charge in [-0.05, 0) is 62.6 Å². The number of phenolic OH excluding ortho intramolecular Hbond substituents is 2. The molecule has 0 aliphatic rings. The molecule has 2 rings (SSSR count). The van der Waals surface area contributed by atoms with Gasteiger partial charge in [-0.2, -0.15) is 0 Å². The summed E-state index contributed by atoms with van der Waals surface area (Å²) in [6.45, 7) is 6.59. The zero-order valence-electron chi connectivity index (χ0n) is 22.9. The largest absolute Gasteiger partial charge is 0.508 e. The molecule has 2 aromatic carbocycles. The Kier molecular flexibility index (Phi) is 11.1. The van der Waals surface area contributed by atoms with Gasteiger partial charge in [-0.15, -0.1) is 0 Å². The normalized spacial score (nSPS) is 12.5. The molecule has 11 heteroatoms. The molecule has 2 unspecified atom stereocenters. The van der Waals surface area contributed by atoms with Crippen molar-refractivity contribution in [1.82, 2.24) is 15.5 Å². The van der Waals surface area contributed by atoms with Crippen LogP contribution in [0.4, 0.5) is 4.79 Å². The Morgan fingerprint density at radius 2 is 1.67 bits per heavy atom. The molecule has 3 amide bonds. The number of rotatable bonds is 11. The summed E-state index contributed by atoms with van der Waals surface area (Å²) in [7, 11) is 1.18. The van der Waals surface area contributed by atoms with Crippen molar-refractivity contribution in [3.05, 3.63) is 59.7 Å². The third-order valence-corrected chi connectivity index (χ3v) is 5.49. The zero-order chi connectivity index (χ0) is 29.2. The van der Waals surface area contributed by atoms with Crippen LogP contribution in [0.15, 0.2) is 48.5 Å². The number of benzene rings is 2. The fourth-order valence-corrected chi connectivity index (χ4v) is 3.82. The summed E-state index contributed by atoms with van der Waals surface area (Å²) in [6.07, 6.45) is -0.321. The average molecular weight is 544 g/mol. The molecule has 0 saturated carbocycles. The smallest absolute Gasteiger partial charge is 0.408 e. The minimum atomic E-state index is -1.24. The van der Waals surface area contributed by atoms with Crippen LogP contribution in [0.5, 0.6) is 11.5 Å². The molecule has 0 aromatic heterocycles. The first-order valence-electron chi connectivity index (χ1n) is 12.6. The summed E-state index contributed by atoms with van der Waals surface area (Å²) in [6, 6.07) is 9.67. The lowest BCUT2D eigenvalue weighted by Crippen LogP contribution is -2.54. The van der Waals surface area contributed by atoms with E-state index in [-0.39, 0.29) is 24.5 Å². The number of methoxy groups -OCH3 is 1. The predicted molar refractivity (Wildman–Crippen MR) is 143 cm³/mol. The number of hydrogen-bond donors (Lipinski definition) is 4. The Morgan fingerprint density at radius 1 is 1.00 bits per heavy atom. The molecule has 212 valence electrons. The van der Waals surface area contributed by atoms with E-state index < -0.39 is 48.1 Å². The van der Waals surface area contributed by atoms with Gasteiger partial charge < -0.3 is 35.2 Å². The maximum Gasteiger partial charge on any atom is 0.408 e. The first-order chi connectivity index (χ1) is 18.3. The number of amides is 3. The summed E-state index contributed by atoms with van der Waals surface area (Å²) < 4.78 is 9.98. The van der Waals surface area contributed by atoms with Gasteiger partial charge in [0.25, 0.3) is 0 Å². The predicted octanol–water partition coefficient (Wildman–Crippen LogP) is 2.80. The summed E-state index contributed by atoms with van der Waals surface area (Å²) in [5, 5.41) is 24.9. The lowest BCUT2D eigenvalue weighted by Gasteiger charge is -2.34. The van der Waals surface area contributed by atoms with Crippen LogP contribution < -0.4 is 10.6 Å². The third-order valence-electron chi connectivity index (χ3n) is 5.49. The van der Waals surface area contributed by atoms with Gasteiger partial charge in [-0.3, -0.25) is 14.4 Å². The molecule has 0 spiro atoms. The summed E-state index contributed by atoms with van der Waals surface area (Å²) in [4.78, 5) is 53.2. The van der Waals surface area contributed by atoms with Crippen molar-refractivity contribution in [3.63, 3.8) is 0 Å². The van der Waals surface area contributed by atoms with Crippen molar-refractivity contribution in [1.29, 1.82) is 0 Å². The van der Waals surface area contributed by atoms with E-state index in [4.69, 9.17) is 4.74 Å². The number of carbonyl (C=O) groups is 4. The first-order valence-corrected chi connectivity index (χ1v) is 12.6. The summed E-state index contributed by atoms with van der Waals surface area (Å²) in [5.74, 6) is -2.01. The third kappa shape index (κ3) is 9.84. The maximum absolute atomic E-state index is 14.1. The fourth-order valence-electron chi connectivity index (χ4n) is 3.82. The van der Waals surface area contributed by atoms with Gasteiger partial charge in [-0.25, -0.2) is 4.79 Å². The van der Waals surface area contributed by atoms with Crippen LogP contribution in [0.2, 0.25) is 0 Å². The van der Waals surface area contributed by atoms with Crippen molar-refractivity contribution in [3.8, 4) is 11.5 Å². The van der Waals surface area contributed by atoms with Crippen molar-refractivity contribution in [2.45, 2.75) is 58.2 Å². The number of nitrogens with zero attached hydrogens (tertiary/aromatic N) is 1. The molecule has 0 aliphatic heterocycles. The lowest BCUT2D eigenvalue weighted by molar-refractivity contribution is -0.144. The van der Waals surface area contributed by atoms with E-state index in [0.717, 1.165) is 0 Å². The molecule has 0 fully saturated rings. The average Bonchev–Trinajstić information content (AvgIpc) is 2.86. The topological polar surface area (TPSA) is 154 Å². The van der Waals surface area contributed by atoms with E-state index in [1.165, 1.54) is 42.3 Å². The molecular formula is C28H37N3O8. The summed E-state index contributed by atoms with van der Waals surface area (Å²) >= 11 is 0. The Balaban J connectivity index is 2.51. The minimum Gasteiger partial charge on any atom is -0.508 e. The van der Waals surface area contributed by atoms with Crippen LogP contribution in [0.3, 0.4) is 0 Å². The van der Waals surface area contributed by atoms with Gasteiger partial charge in [0.05, 0.1) is 7.11 Å². The second-order valence-corrected chi connectivity index (χ2v) is 9.89. The van der Waals surface area contributed by atoms with Crippen LogP contribution in [0, 0.1) is 0 Å². The number of alkyl carbamates (subject to hydrolysis) is 1. The fraction of sp³-hybridized carbons (Fsp3) is 0.429. The quantitative estimate of drug-likeness (QED) is 0.316. The molecule has 0 radical (unpaired) electrons. The van der Waals surface area contributed by atoms with Gasteiger partial charge in [0, 0.05) is 13.0 Å². The number of ether oxygens (including phenoxy) is 2. The molecule has 11 nitrogen and oxygen atoms in total. The molecule has 39 heavy (non-hydrogen) atoms. The highest BCUT2D eigenvalue weighted by molar-refractivity contribution is 5.93. The number of phenols is 2. The van der Waals surface area contributed by atoms with Gasteiger partial charge in [0.1, 0.15) is 35.7 Å². The van der Waals surface area contributed by atoms with Crippen LogP contribution in [0.25, 0.3) is 0 Å². The highest BCUT2D eigenvalue weighted by Crippen LogP contribution is 2.26. The van der Waals surface area contributed by atoms with E-state index in [1.54, 1.807) is 39.0 Å². The zero-order valence-corrected chi connectivity index (χ0v) is 22.9. The van der Waals surface area contributed by atoms with Crippen LogP contribution >= 0.6 is 0 Å². The molecule has 0 bridgehead atoms. The van der Waals surface area contributed by atoms with E-state index >= 15 is 0 Å². The Hall–Kier alpha value is -4.28. The van der Waals surface area contributed by atoms with Gasteiger partial charge in [0.2, 0.25) is 11.8 Å². The molecule has 0 heterocycles. The second kappa shape index (κ2) is 14.0. The van der Waals surface area contributed by atoms with Gasteiger partial charge in [0.15, 0.2) is 0 Å². The summed E-state index contributed by atoms with van der Waals surface area (Å²) in [5.41, 5.74) is 0.125.